The lowest BCUT2D eigenvalue weighted by molar-refractivity contribution is 0.322. The van der Waals surface area contributed by atoms with E-state index in [1.54, 1.807) is 0 Å². The lowest BCUT2D eigenvalue weighted by atomic mass is 10.1. The van der Waals surface area contributed by atoms with E-state index in [1.807, 2.05) is 11.3 Å². The number of hydrogen-bond donors (Lipinski definition) is 1. The van der Waals surface area contributed by atoms with Gasteiger partial charge in [0.2, 0.25) is 0 Å². The molecule has 3 heteroatoms. The smallest absolute Gasteiger partial charge is 0.0328 e. The van der Waals surface area contributed by atoms with Crippen molar-refractivity contribution in [2.45, 2.75) is 19.6 Å². The van der Waals surface area contributed by atoms with E-state index in [2.05, 4.69) is 53.7 Å². The second-order valence-corrected chi connectivity index (χ2v) is 5.31. The monoisotopic (exact) mass is 246 g/mol. The number of rotatable bonds is 5. The molecule has 1 aromatic heterocycles. The molecule has 0 radical (unpaired) electrons. The summed E-state index contributed by atoms with van der Waals surface area (Å²) in [6, 6.07) is 12.8. The van der Waals surface area contributed by atoms with Crippen molar-refractivity contribution in [3.8, 4) is 0 Å². The van der Waals surface area contributed by atoms with Gasteiger partial charge in [0.15, 0.2) is 0 Å². The molecule has 0 spiro atoms. The number of benzene rings is 1. The van der Waals surface area contributed by atoms with Crippen molar-refractivity contribution >= 4 is 11.3 Å². The Balaban J connectivity index is 1.95. The number of hydrogen-bond acceptors (Lipinski definition) is 3. The predicted octanol–water partition coefficient (Wildman–Crippen LogP) is 2.84. The van der Waals surface area contributed by atoms with Crippen molar-refractivity contribution in [3.63, 3.8) is 0 Å². The Kier molecular flexibility index (Phi) is 4.31. The summed E-state index contributed by atoms with van der Waals surface area (Å²) in [7, 11) is 2.15. The van der Waals surface area contributed by atoms with Gasteiger partial charge in [-0.2, -0.15) is 0 Å². The molecule has 2 aromatic rings. The Bertz CT molecular complexity index is 451. The van der Waals surface area contributed by atoms with Crippen LogP contribution in [0.2, 0.25) is 0 Å². The van der Waals surface area contributed by atoms with Crippen LogP contribution in [0.4, 0.5) is 0 Å². The molecular weight excluding hydrogens is 228 g/mol. The summed E-state index contributed by atoms with van der Waals surface area (Å²) in [5.41, 5.74) is 8.17. The van der Waals surface area contributed by atoms with E-state index in [4.69, 9.17) is 5.73 Å². The molecule has 0 fully saturated rings. The fourth-order valence-corrected chi connectivity index (χ4v) is 2.68. The van der Waals surface area contributed by atoms with Crippen LogP contribution < -0.4 is 5.73 Å². The van der Waals surface area contributed by atoms with E-state index in [0.29, 0.717) is 6.54 Å². The lowest BCUT2D eigenvalue weighted by Crippen LogP contribution is -2.16. The van der Waals surface area contributed by atoms with E-state index >= 15 is 0 Å². The third-order valence-electron chi connectivity index (χ3n) is 2.69. The maximum atomic E-state index is 5.65. The Morgan fingerprint density at radius 2 is 1.94 bits per heavy atom. The van der Waals surface area contributed by atoms with Gasteiger partial charge in [0, 0.05) is 24.5 Å². The van der Waals surface area contributed by atoms with Crippen molar-refractivity contribution in [2.24, 2.45) is 5.73 Å². The third kappa shape index (κ3) is 3.66. The molecule has 90 valence electrons. The van der Waals surface area contributed by atoms with Gasteiger partial charge in [-0.05, 0) is 29.6 Å². The maximum Gasteiger partial charge on any atom is 0.0328 e. The second-order valence-electron chi connectivity index (χ2n) is 4.28. The molecule has 0 aliphatic carbocycles. The van der Waals surface area contributed by atoms with Crippen molar-refractivity contribution in [3.05, 3.63) is 57.8 Å². The molecule has 2 N–H and O–H groups in total. The van der Waals surface area contributed by atoms with Gasteiger partial charge < -0.3 is 5.73 Å². The largest absolute Gasteiger partial charge is 0.326 e. The Morgan fingerprint density at radius 1 is 1.12 bits per heavy atom. The number of nitrogens with zero attached hydrogens (tertiary/aromatic N) is 1. The van der Waals surface area contributed by atoms with E-state index in [9.17, 15) is 0 Å². The maximum absolute atomic E-state index is 5.65. The first-order chi connectivity index (χ1) is 8.28. The second kappa shape index (κ2) is 5.96. The normalized spacial score (nSPS) is 11.0. The number of thiophene rings is 1. The number of nitrogens with two attached hydrogens (primary N) is 1. The van der Waals surface area contributed by atoms with Gasteiger partial charge in [0.25, 0.3) is 0 Å². The molecular formula is C14H18N2S. The molecule has 0 bridgehead atoms. The van der Waals surface area contributed by atoms with Crippen LogP contribution in [0.5, 0.6) is 0 Å². The molecule has 2 rings (SSSR count). The summed E-state index contributed by atoms with van der Waals surface area (Å²) < 4.78 is 0. The molecule has 0 aliphatic rings. The molecule has 0 atom stereocenters. The Hall–Kier alpha value is -1.16. The topological polar surface area (TPSA) is 29.3 Å². The first-order valence-electron chi connectivity index (χ1n) is 5.77. The van der Waals surface area contributed by atoms with Gasteiger partial charge >= 0.3 is 0 Å². The van der Waals surface area contributed by atoms with Gasteiger partial charge in [-0.25, -0.2) is 0 Å². The van der Waals surface area contributed by atoms with Crippen LogP contribution in [0.25, 0.3) is 0 Å². The van der Waals surface area contributed by atoms with E-state index in [0.717, 1.165) is 13.1 Å². The summed E-state index contributed by atoms with van der Waals surface area (Å²) in [5, 5.41) is 2.12. The predicted molar refractivity (Wildman–Crippen MR) is 73.8 cm³/mol. The summed E-state index contributed by atoms with van der Waals surface area (Å²) >= 11 is 1.81. The summed E-state index contributed by atoms with van der Waals surface area (Å²) in [4.78, 5) is 3.73. The molecule has 1 aromatic carbocycles. The van der Waals surface area contributed by atoms with Crippen LogP contribution >= 0.6 is 11.3 Å². The molecule has 0 aliphatic heterocycles. The lowest BCUT2D eigenvalue weighted by Gasteiger charge is -2.16. The zero-order valence-electron chi connectivity index (χ0n) is 10.1. The van der Waals surface area contributed by atoms with Gasteiger partial charge in [-0.3, -0.25) is 4.90 Å². The molecule has 1 heterocycles. The first kappa shape index (κ1) is 12.3. The van der Waals surface area contributed by atoms with Crippen LogP contribution in [-0.2, 0) is 19.6 Å². The van der Waals surface area contributed by atoms with Crippen LogP contribution in [0.15, 0.2) is 41.8 Å². The van der Waals surface area contributed by atoms with E-state index in [1.165, 1.54) is 16.0 Å². The molecule has 2 nitrogen and oxygen atoms in total. The highest BCUT2D eigenvalue weighted by molar-refractivity contribution is 7.09. The summed E-state index contributed by atoms with van der Waals surface area (Å²) in [6.45, 7) is 2.58. The molecule has 0 amide bonds. The first-order valence-corrected chi connectivity index (χ1v) is 6.64. The zero-order valence-corrected chi connectivity index (χ0v) is 10.9. The van der Waals surface area contributed by atoms with Gasteiger partial charge in [-0.15, -0.1) is 11.3 Å². The summed E-state index contributed by atoms with van der Waals surface area (Å²) in [6.07, 6.45) is 0. The Morgan fingerprint density at radius 3 is 2.65 bits per heavy atom. The average Bonchev–Trinajstić information content (AvgIpc) is 2.82. The van der Waals surface area contributed by atoms with Crippen LogP contribution in [-0.4, -0.2) is 11.9 Å². The van der Waals surface area contributed by atoms with Crippen molar-refractivity contribution in [1.82, 2.24) is 4.90 Å². The highest BCUT2D eigenvalue weighted by Gasteiger charge is 2.03. The van der Waals surface area contributed by atoms with Crippen LogP contribution in [0.1, 0.15) is 16.0 Å². The zero-order chi connectivity index (χ0) is 12.1. The minimum atomic E-state index is 0.614. The van der Waals surface area contributed by atoms with Crippen molar-refractivity contribution in [1.29, 1.82) is 0 Å². The molecule has 0 unspecified atom stereocenters. The SMILES string of the molecule is CN(Cc1cccc(CN)c1)Cc1cccs1. The fraction of sp³-hybridized carbons (Fsp3) is 0.286. The van der Waals surface area contributed by atoms with Crippen LogP contribution in [0.3, 0.4) is 0 Å². The molecule has 17 heavy (non-hydrogen) atoms. The quantitative estimate of drug-likeness (QED) is 0.879. The van der Waals surface area contributed by atoms with Crippen LogP contribution in [0, 0.1) is 0 Å². The highest BCUT2D eigenvalue weighted by Crippen LogP contribution is 2.13. The third-order valence-corrected chi connectivity index (χ3v) is 3.55. The molecule has 0 saturated carbocycles. The fourth-order valence-electron chi connectivity index (χ4n) is 1.89. The molecule has 0 saturated heterocycles. The van der Waals surface area contributed by atoms with Gasteiger partial charge in [0.1, 0.15) is 0 Å². The minimum absolute atomic E-state index is 0.614. The van der Waals surface area contributed by atoms with E-state index in [-0.39, 0.29) is 0 Å². The average molecular weight is 246 g/mol. The van der Waals surface area contributed by atoms with Crippen molar-refractivity contribution < 1.29 is 0 Å². The van der Waals surface area contributed by atoms with Gasteiger partial charge in [-0.1, -0.05) is 30.3 Å². The Labute approximate surface area is 107 Å². The standard InChI is InChI=1S/C14H18N2S/c1-16(11-14-6-3-7-17-14)10-13-5-2-4-12(8-13)9-15/h2-8H,9-11,15H2,1H3. The van der Waals surface area contributed by atoms with E-state index < -0.39 is 0 Å². The van der Waals surface area contributed by atoms with Gasteiger partial charge in [0.05, 0.1) is 0 Å². The highest BCUT2D eigenvalue weighted by atomic mass is 32.1. The minimum Gasteiger partial charge on any atom is -0.326 e. The summed E-state index contributed by atoms with van der Waals surface area (Å²) in [5.74, 6) is 0. The van der Waals surface area contributed by atoms with Crippen molar-refractivity contribution in [2.75, 3.05) is 7.05 Å².